The Morgan fingerprint density at radius 2 is 2.09 bits per heavy atom. The summed E-state index contributed by atoms with van der Waals surface area (Å²) >= 11 is 0. The molecule has 2 aliphatic carbocycles. The average Bonchev–Trinajstić information content (AvgIpc) is 3.17. The van der Waals surface area contributed by atoms with Gasteiger partial charge in [0, 0.05) is 37.4 Å². The summed E-state index contributed by atoms with van der Waals surface area (Å²) in [6.07, 6.45) is 14.4. The summed E-state index contributed by atoms with van der Waals surface area (Å²) in [6.45, 7) is 3.44. The number of aromatic nitrogens is 3. The molecule has 3 aromatic rings. The second-order valence-corrected chi connectivity index (χ2v) is 8.35. The van der Waals surface area contributed by atoms with Gasteiger partial charge in [-0.25, -0.2) is 9.97 Å². The van der Waals surface area contributed by atoms with Gasteiger partial charge in [0.15, 0.2) is 0 Å². The van der Waals surface area contributed by atoms with Gasteiger partial charge in [0.25, 0.3) is 6.47 Å². The van der Waals surface area contributed by atoms with Gasteiger partial charge >= 0.3 is 6.01 Å². The zero-order valence-corrected chi connectivity index (χ0v) is 20.0. The van der Waals surface area contributed by atoms with Crippen molar-refractivity contribution in [1.82, 2.24) is 19.9 Å². The first kappa shape index (κ1) is 24.2. The van der Waals surface area contributed by atoms with Crippen molar-refractivity contribution in [2.24, 2.45) is 0 Å². The van der Waals surface area contributed by atoms with E-state index in [1.165, 1.54) is 13.5 Å². The number of nitrogens with one attached hydrogen (secondary N) is 1. The Bertz CT molecular complexity index is 1280. The van der Waals surface area contributed by atoms with Crippen LogP contribution in [0.4, 0.5) is 0 Å². The fourth-order valence-electron chi connectivity index (χ4n) is 4.43. The van der Waals surface area contributed by atoms with Gasteiger partial charge in [-0.05, 0) is 56.0 Å². The maximum absolute atomic E-state index is 10.1. The quantitative estimate of drug-likeness (QED) is 0.472. The smallest absolute Gasteiger partial charge is 0.321 e. The molecule has 8 nitrogen and oxygen atoms in total. The number of ether oxygens (including phenoxy) is 2. The maximum atomic E-state index is 10.1. The van der Waals surface area contributed by atoms with Crippen molar-refractivity contribution >= 4 is 22.9 Å². The molecule has 2 aromatic heterocycles. The van der Waals surface area contributed by atoms with Crippen LogP contribution in [0.3, 0.4) is 0 Å². The maximum Gasteiger partial charge on any atom is 0.321 e. The first-order chi connectivity index (χ1) is 17.2. The zero-order valence-electron chi connectivity index (χ0n) is 20.0. The second kappa shape index (κ2) is 11.4. The number of allylic oxidation sites excluding steroid dienone is 2. The number of fused-ring (bicyclic) bond motifs is 1. The second-order valence-electron chi connectivity index (χ2n) is 8.35. The van der Waals surface area contributed by atoms with E-state index in [1.54, 1.807) is 18.5 Å². The topological polar surface area (TPSA) is 102 Å². The van der Waals surface area contributed by atoms with Crippen LogP contribution in [0.5, 0.6) is 11.8 Å². The van der Waals surface area contributed by atoms with E-state index >= 15 is 0 Å². The van der Waals surface area contributed by atoms with Crippen molar-refractivity contribution < 1.29 is 15.7 Å². The molecule has 0 radical (unpaired) electrons. The van der Waals surface area contributed by atoms with Crippen LogP contribution in [0.1, 0.15) is 51.3 Å². The van der Waals surface area contributed by atoms with E-state index in [2.05, 4.69) is 55.8 Å². The molecule has 1 fully saturated rings. The summed E-state index contributed by atoms with van der Waals surface area (Å²) in [5.74, 6) is 0.674. The number of nitriles is 1. The minimum atomic E-state index is 0. The number of likely N-dealkylation sites (N-methyl/N-ethyl adjacent to an activating group) is 1. The van der Waals surface area contributed by atoms with Gasteiger partial charge in [0.2, 0.25) is 0 Å². The third kappa shape index (κ3) is 5.26. The Hall–Kier alpha value is -3.96. The van der Waals surface area contributed by atoms with Crippen molar-refractivity contribution in [3.63, 3.8) is 0 Å². The molecule has 0 bridgehead atoms. The van der Waals surface area contributed by atoms with Gasteiger partial charge in [-0.15, -0.1) is 0 Å². The third-order valence-electron chi connectivity index (χ3n) is 6.21. The first-order valence-corrected chi connectivity index (χ1v) is 11.8. The van der Waals surface area contributed by atoms with E-state index in [0.29, 0.717) is 30.3 Å². The van der Waals surface area contributed by atoms with Crippen molar-refractivity contribution in [1.29, 1.82) is 5.26 Å². The van der Waals surface area contributed by atoms with Crippen LogP contribution >= 0.6 is 0 Å². The molecule has 0 amide bonds. The molecule has 1 unspecified atom stereocenters. The number of nitrogens with zero attached hydrogens (tertiary/aromatic N) is 4. The van der Waals surface area contributed by atoms with Crippen LogP contribution in [-0.4, -0.2) is 40.7 Å². The zero-order chi connectivity index (χ0) is 24.6. The Balaban J connectivity index is 0.000000674. The summed E-state index contributed by atoms with van der Waals surface area (Å²) < 4.78 is 12.1. The number of carbonyl (C=O) groups excluding carboxylic acids is 1. The molecule has 35 heavy (non-hydrogen) atoms. The van der Waals surface area contributed by atoms with Gasteiger partial charge in [0.05, 0.1) is 23.9 Å². The number of hydrogen-bond acceptors (Lipinski definition) is 7. The van der Waals surface area contributed by atoms with Gasteiger partial charge in [-0.2, -0.15) is 5.26 Å². The van der Waals surface area contributed by atoms with E-state index in [4.69, 9.17) is 9.53 Å². The summed E-state index contributed by atoms with van der Waals surface area (Å²) in [5.41, 5.74) is 3.93. The monoisotopic (exact) mass is 473 g/mol. The van der Waals surface area contributed by atoms with E-state index in [9.17, 15) is 5.26 Å². The molecular weight excluding hydrogens is 442 g/mol. The molecular formula is C27H31N5O3. The predicted octanol–water partition coefficient (Wildman–Crippen LogP) is 5.18. The largest absolute Gasteiger partial charge is 0.471 e. The van der Waals surface area contributed by atoms with E-state index < -0.39 is 0 Å². The Morgan fingerprint density at radius 1 is 1.31 bits per heavy atom. The molecule has 1 N–H and O–H groups in total. The lowest BCUT2D eigenvalue weighted by molar-refractivity contribution is -0.126. The van der Waals surface area contributed by atoms with Crippen molar-refractivity contribution in [2.45, 2.75) is 44.7 Å². The number of methoxy groups -OCH3 is 1. The lowest BCUT2D eigenvalue weighted by Crippen LogP contribution is -2.27. The van der Waals surface area contributed by atoms with Crippen LogP contribution < -0.4 is 10.1 Å². The van der Waals surface area contributed by atoms with Gasteiger partial charge in [-0.3, -0.25) is 4.79 Å². The minimum Gasteiger partial charge on any atom is -0.471 e. The molecule has 2 aliphatic rings. The van der Waals surface area contributed by atoms with Crippen LogP contribution in [0.25, 0.3) is 16.5 Å². The van der Waals surface area contributed by atoms with Crippen LogP contribution in [0.15, 0.2) is 54.9 Å². The third-order valence-corrected chi connectivity index (χ3v) is 6.21. The fourth-order valence-corrected chi connectivity index (χ4v) is 4.43. The summed E-state index contributed by atoms with van der Waals surface area (Å²) in [4.78, 5) is 17.3. The van der Waals surface area contributed by atoms with Crippen molar-refractivity contribution in [3.8, 4) is 17.8 Å². The van der Waals surface area contributed by atoms with Crippen LogP contribution in [-0.2, 0) is 9.53 Å². The highest BCUT2D eigenvalue weighted by Crippen LogP contribution is 2.42. The summed E-state index contributed by atoms with van der Waals surface area (Å²) in [6, 6.07) is 11.2. The molecule has 0 aliphatic heterocycles. The van der Waals surface area contributed by atoms with Gasteiger partial charge in [0.1, 0.15) is 11.8 Å². The van der Waals surface area contributed by atoms with Gasteiger partial charge in [-0.1, -0.05) is 25.2 Å². The van der Waals surface area contributed by atoms with Crippen LogP contribution in [0, 0.1) is 11.3 Å². The predicted molar refractivity (Wildman–Crippen MR) is 136 cm³/mol. The number of rotatable bonds is 7. The Labute approximate surface area is 206 Å². The van der Waals surface area contributed by atoms with Crippen molar-refractivity contribution in [2.75, 3.05) is 13.7 Å². The molecule has 0 spiro atoms. The van der Waals surface area contributed by atoms with Gasteiger partial charge < -0.3 is 19.4 Å². The van der Waals surface area contributed by atoms with Crippen LogP contribution in [0.2, 0.25) is 0 Å². The highest BCUT2D eigenvalue weighted by atomic mass is 16.5. The fraction of sp³-hybridized carbons (Fsp3) is 0.333. The molecule has 5 rings (SSSR count). The van der Waals surface area contributed by atoms with E-state index in [-0.39, 0.29) is 1.43 Å². The van der Waals surface area contributed by atoms with Crippen molar-refractivity contribution in [3.05, 3.63) is 66.1 Å². The molecule has 8 heteroatoms. The lowest BCUT2D eigenvalue weighted by atomic mass is 9.91. The Kier molecular flexibility index (Phi) is 7.91. The average molecular weight is 474 g/mol. The molecule has 182 valence electrons. The normalized spacial score (nSPS) is 16.9. The Morgan fingerprint density at radius 3 is 2.66 bits per heavy atom. The molecule has 0 saturated heterocycles. The number of benzene rings is 1. The number of carbonyl (C=O) groups is 1. The SMILES string of the molecule is CCNC1C=CC(c2c(C#N)c3ccc(Oc4ncccn4)cc3n2C2CCC2)=CC1.COC=O.[HH]. The standard InChI is InChI=1S/C25H25N5O.C2H4O2.H2/c1-2-27-18-9-7-17(8-10-18)24-22(16-26)21-12-11-20(31-25-28-13-4-14-29-25)15-23(21)30(24)19-5-3-6-19;1-4-2-3;/h4,7-9,11-15,18-19,27H,2-3,5-6,10H2,1H3;2H,1H3;1H. The molecule has 1 saturated carbocycles. The minimum absolute atomic E-state index is 0. The summed E-state index contributed by atoms with van der Waals surface area (Å²) in [7, 11) is 1.31. The molecule has 1 aromatic carbocycles. The first-order valence-electron chi connectivity index (χ1n) is 11.8. The lowest BCUT2D eigenvalue weighted by Gasteiger charge is -2.31. The highest BCUT2D eigenvalue weighted by molar-refractivity contribution is 5.95. The summed E-state index contributed by atoms with van der Waals surface area (Å²) in [5, 5.41) is 14.5. The van der Waals surface area contributed by atoms with E-state index in [0.717, 1.165) is 53.5 Å². The van der Waals surface area contributed by atoms with E-state index in [1.807, 2.05) is 18.2 Å². The highest BCUT2D eigenvalue weighted by Gasteiger charge is 2.29. The molecule has 1 atom stereocenters. The molecule has 2 heterocycles. The number of hydrogen-bond donors (Lipinski definition) is 1.